The summed E-state index contributed by atoms with van der Waals surface area (Å²) in [5.74, 6) is 1.93. The summed E-state index contributed by atoms with van der Waals surface area (Å²) >= 11 is 0. The zero-order valence-corrected chi connectivity index (χ0v) is 13.4. The molecule has 6 heteroatoms. The van der Waals surface area contributed by atoms with E-state index in [4.69, 9.17) is 18.9 Å². The molecule has 0 aromatic heterocycles. The SMILES string of the molecule is COc1cc(CCC(=O)N2CCOCC2)cc(OC)c1OC. The van der Waals surface area contributed by atoms with Crippen molar-refractivity contribution in [1.29, 1.82) is 0 Å². The summed E-state index contributed by atoms with van der Waals surface area (Å²) in [4.78, 5) is 14.0. The second-order valence-corrected chi connectivity index (χ2v) is 5.03. The number of benzene rings is 1. The molecule has 1 aromatic rings. The average molecular weight is 309 g/mol. The summed E-state index contributed by atoms with van der Waals surface area (Å²) < 4.78 is 21.2. The molecule has 1 aromatic carbocycles. The van der Waals surface area contributed by atoms with E-state index in [0.29, 0.717) is 56.4 Å². The van der Waals surface area contributed by atoms with E-state index in [-0.39, 0.29) is 5.91 Å². The van der Waals surface area contributed by atoms with Crippen LogP contribution in [0, 0.1) is 0 Å². The number of rotatable bonds is 6. The number of methoxy groups -OCH3 is 3. The molecule has 0 N–H and O–H groups in total. The van der Waals surface area contributed by atoms with Gasteiger partial charge in [0, 0.05) is 19.5 Å². The zero-order valence-electron chi connectivity index (χ0n) is 13.4. The molecule has 1 saturated heterocycles. The summed E-state index contributed by atoms with van der Waals surface area (Å²) in [7, 11) is 4.74. The standard InChI is InChI=1S/C16H23NO5/c1-19-13-10-12(11-14(20-2)16(13)21-3)4-5-15(18)17-6-8-22-9-7-17/h10-11H,4-9H2,1-3H3. The molecule has 1 fully saturated rings. The van der Waals surface area contributed by atoms with Gasteiger partial charge in [-0.05, 0) is 24.1 Å². The quantitative estimate of drug-likeness (QED) is 0.797. The number of aryl methyl sites for hydroxylation is 1. The lowest BCUT2D eigenvalue weighted by atomic mass is 10.1. The van der Waals surface area contributed by atoms with Gasteiger partial charge in [-0.25, -0.2) is 0 Å². The van der Waals surface area contributed by atoms with Crippen molar-refractivity contribution in [2.75, 3.05) is 47.6 Å². The number of hydrogen-bond donors (Lipinski definition) is 0. The number of amides is 1. The number of hydrogen-bond acceptors (Lipinski definition) is 5. The number of ether oxygens (including phenoxy) is 4. The Bertz CT molecular complexity index is 486. The summed E-state index contributed by atoms with van der Waals surface area (Å²) in [6, 6.07) is 3.77. The first-order valence-corrected chi connectivity index (χ1v) is 7.34. The third-order valence-electron chi connectivity index (χ3n) is 3.72. The van der Waals surface area contributed by atoms with Crippen LogP contribution in [0.2, 0.25) is 0 Å². The number of morpholine rings is 1. The molecular formula is C16H23NO5. The minimum Gasteiger partial charge on any atom is -0.493 e. The monoisotopic (exact) mass is 309 g/mol. The Labute approximate surface area is 130 Å². The van der Waals surface area contributed by atoms with Gasteiger partial charge in [-0.2, -0.15) is 0 Å². The maximum Gasteiger partial charge on any atom is 0.223 e. The molecule has 1 amide bonds. The van der Waals surface area contributed by atoms with E-state index in [1.165, 1.54) is 0 Å². The summed E-state index contributed by atoms with van der Waals surface area (Å²) in [5, 5.41) is 0. The number of carbonyl (C=O) groups excluding carboxylic acids is 1. The second-order valence-electron chi connectivity index (χ2n) is 5.03. The van der Waals surface area contributed by atoms with Crippen LogP contribution in [0.4, 0.5) is 0 Å². The second kappa shape index (κ2) is 7.89. The number of nitrogens with zero attached hydrogens (tertiary/aromatic N) is 1. The highest BCUT2D eigenvalue weighted by Gasteiger charge is 2.18. The van der Waals surface area contributed by atoms with Crippen LogP contribution in [-0.4, -0.2) is 58.4 Å². The van der Waals surface area contributed by atoms with Crippen LogP contribution in [0.1, 0.15) is 12.0 Å². The molecule has 1 aliphatic heterocycles. The smallest absolute Gasteiger partial charge is 0.223 e. The van der Waals surface area contributed by atoms with Crippen LogP contribution < -0.4 is 14.2 Å². The fraction of sp³-hybridized carbons (Fsp3) is 0.562. The fourth-order valence-corrected chi connectivity index (χ4v) is 2.50. The molecule has 0 spiro atoms. The molecule has 0 unspecified atom stereocenters. The van der Waals surface area contributed by atoms with Crippen LogP contribution in [0.5, 0.6) is 17.2 Å². The van der Waals surface area contributed by atoms with Gasteiger partial charge in [0.05, 0.1) is 34.5 Å². The van der Waals surface area contributed by atoms with Crippen LogP contribution >= 0.6 is 0 Å². The lowest BCUT2D eigenvalue weighted by Crippen LogP contribution is -2.40. The Morgan fingerprint density at radius 3 is 2.18 bits per heavy atom. The Hall–Kier alpha value is -1.95. The average Bonchev–Trinajstić information content (AvgIpc) is 2.59. The van der Waals surface area contributed by atoms with E-state index < -0.39 is 0 Å². The van der Waals surface area contributed by atoms with Crippen molar-refractivity contribution in [2.24, 2.45) is 0 Å². The van der Waals surface area contributed by atoms with Crippen molar-refractivity contribution in [2.45, 2.75) is 12.8 Å². The van der Waals surface area contributed by atoms with Gasteiger partial charge in [-0.15, -0.1) is 0 Å². The van der Waals surface area contributed by atoms with Crippen molar-refractivity contribution in [1.82, 2.24) is 4.90 Å². The molecule has 1 heterocycles. The van der Waals surface area contributed by atoms with E-state index >= 15 is 0 Å². The van der Waals surface area contributed by atoms with Crippen LogP contribution in [0.3, 0.4) is 0 Å². The van der Waals surface area contributed by atoms with Crippen molar-refractivity contribution in [3.8, 4) is 17.2 Å². The van der Waals surface area contributed by atoms with Gasteiger partial charge in [-0.1, -0.05) is 0 Å². The summed E-state index contributed by atoms with van der Waals surface area (Å²) in [6.07, 6.45) is 1.09. The van der Waals surface area contributed by atoms with Crippen LogP contribution in [0.25, 0.3) is 0 Å². The number of carbonyl (C=O) groups is 1. The largest absolute Gasteiger partial charge is 0.493 e. The van der Waals surface area contributed by atoms with E-state index in [9.17, 15) is 4.79 Å². The molecular weight excluding hydrogens is 286 g/mol. The molecule has 0 saturated carbocycles. The van der Waals surface area contributed by atoms with E-state index in [2.05, 4.69) is 0 Å². The van der Waals surface area contributed by atoms with Gasteiger partial charge in [0.1, 0.15) is 0 Å². The third kappa shape index (κ3) is 3.82. The van der Waals surface area contributed by atoms with E-state index in [0.717, 1.165) is 5.56 Å². The highest BCUT2D eigenvalue weighted by molar-refractivity contribution is 5.76. The molecule has 122 valence electrons. The minimum atomic E-state index is 0.150. The molecule has 2 rings (SSSR count). The van der Waals surface area contributed by atoms with E-state index in [1.807, 2.05) is 17.0 Å². The summed E-state index contributed by atoms with van der Waals surface area (Å²) in [6.45, 7) is 2.59. The van der Waals surface area contributed by atoms with Gasteiger partial charge in [0.15, 0.2) is 11.5 Å². The van der Waals surface area contributed by atoms with Gasteiger partial charge >= 0.3 is 0 Å². The Balaban J connectivity index is 2.04. The minimum absolute atomic E-state index is 0.150. The van der Waals surface area contributed by atoms with Crippen molar-refractivity contribution in [3.63, 3.8) is 0 Å². The van der Waals surface area contributed by atoms with Crippen LogP contribution in [0.15, 0.2) is 12.1 Å². The van der Waals surface area contributed by atoms with Gasteiger partial charge in [0.25, 0.3) is 0 Å². The molecule has 1 aliphatic rings. The van der Waals surface area contributed by atoms with E-state index in [1.54, 1.807) is 21.3 Å². The molecule has 0 atom stereocenters. The Kier molecular flexibility index (Phi) is 5.89. The predicted molar refractivity (Wildman–Crippen MR) is 81.8 cm³/mol. The fourth-order valence-electron chi connectivity index (χ4n) is 2.50. The molecule has 0 bridgehead atoms. The first-order chi connectivity index (χ1) is 10.7. The first kappa shape index (κ1) is 16.4. The first-order valence-electron chi connectivity index (χ1n) is 7.34. The van der Waals surface area contributed by atoms with Gasteiger partial charge in [-0.3, -0.25) is 4.79 Å². The third-order valence-corrected chi connectivity index (χ3v) is 3.72. The molecule has 0 radical (unpaired) electrons. The highest BCUT2D eigenvalue weighted by Crippen LogP contribution is 2.38. The summed E-state index contributed by atoms with van der Waals surface area (Å²) in [5.41, 5.74) is 0.983. The Morgan fingerprint density at radius 2 is 1.68 bits per heavy atom. The molecule has 22 heavy (non-hydrogen) atoms. The van der Waals surface area contributed by atoms with Gasteiger partial charge in [0.2, 0.25) is 11.7 Å². The van der Waals surface area contributed by atoms with Crippen LogP contribution in [-0.2, 0) is 16.0 Å². The lowest BCUT2D eigenvalue weighted by Gasteiger charge is -2.26. The van der Waals surface area contributed by atoms with Gasteiger partial charge < -0.3 is 23.8 Å². The maximum atomic E-state index is 12.2. The zero-order chi connectivity index (χ0) is 15.9. The lowest BCUT2D eigenvalue weighted by molar-refractivity contribution is -0.135. The highest BCUT2D eigenvalue weighted by atomic mass is 16.5. The van der Waals surface area contributed by atoms with Crippen molar-refractivity contribution in [3.05, 3.63) is 17.7 Å². The molecule has 0 aliphatic carbocycles. The topological polar surface area (TPSA) is 57.2 Å². The van der Waals surface area contributed by atoms with Crippen molar-refractivity contribution < 1.29 is 23.7 Å². The van der Waals surface area contributed by atoms with Crippen molar-refractivity contribution >= 4 is 5.91 Å². The molecule has 6 nitrogen and oxygen atoms in total. The maximum absolute atomic E-state index is 12.2. The predicted octanol–water partition coefficient (Wildman–Crippen LogP) is 1.50. The Morgan fingerprint density at radius 1 is 1.09 bits per heavy atom. The normalized spacial score (nSPS) is 14.6.